The van der Waals surface area contributed by atoms with Crippen molar-refractivity contribution >= 4 is 17.5 Å². The Morgan fingerprint density at radius 1 is 1.54 bits per heavy atom. The Morgan fingerprint density at radius 2 is 2.23 bits per heavy atom. The van der Waals surface area contributed by atoms with Gasteiger partial charge in [-0.1, -0.05) is 13.3 Å². The molecule has 3 nitrogen and oxygen atoms in total. The minimum absolute atomic E-state index is 0.0119. The fraction of sp³-hybridized carbons (Fsp3) is 0.889. The first kappa shape index (κ1) is 12.7. The lowest BCUT2D eigenvalue weighted by molar-refractivity contribution is -0.118. The Kier molecular flexibility index (Phi) is 8.14. The molecule has 0 spiro atoms. The fourth-order valence-electron chi connectivity index (χ4n) is 1.24. The number of rotatable bonds is 7. The third-order valence-corrected chi connectivity index (χ3v) is 2.19. The Bertz CT molecular complexity index is 136. The second-order valence-electron chi connectivity index (χ2n) is 3.10. The molecule has 0 heterocycles. The molecule has 78 valence electrons. The van der Waals surface area contributed by atoms with Gasteiger partial charge in [0.2, 0.25) is 5.91 Å². The standard InChI is InChI=1S/C9H18ClNO2/c1-2-3-8(4-5-12)7-11-9(13)6-10/h8,12H,2-7H2,1H3,(H,11,13). The Morgan fingerprint density at radius 3 is 2.69 bits per heavy atom. The third-order valence-electron chi connectivity index (χ3n) is 1.94. The van der Waals surface area contributed by atoms with Crippen molar-refractivity contribution in [3.8, 4) is 0 Å². The Balaban J connectivity index is 3.61. The summed E-state index contributed by atoms with van der Waals surface area (Å²) < 4.78 is 0. The lowest BCUT2D eigenvalue weighted by atomic mass is 10.0. The first-order valence-corrected chi connectivity index (χ1v) is 5.21. The number of aliphatic hydroxyl groups excluding tert-OH is 1. The minimum Gasteiger partial charge on any atom is -0.396 e. The molecule has 0 rings (SSSR count). The molecule has 4 heteroatoms. The van der Waals surface area contributed by atoms with Crippen molar-refractivity contribution in [1.82, 2.24) is 5.32 Å². The van der Waals surface area contributed by atoms with Gasteiger partial charge in [0.15, 0.2) is 0 Å². The van der Waals surface area contributed by atoms with Gasteiger partial charge in [0, 0.05) is 13.2 Å². The van der Waals surface area contributed by atoms with E-state index in [1.54, 1.807) is 0 Å². The molecule has 0 aliphatic heterocycles. The lowest BCUT2D eigenvalue weighted by Gasteiger charge is -2.14. The van der Waals surface area contributed by atoms with Crippen LogP contribution in [0.2, 0.25) is 0 Å². The largest absolute Gasteiger partial charge is 0.396 e. The summed E-state index contributed by atoms with van der Waals surface area (Å²) >= 11 is 5.33. The van der Waals surface area contributed by atoms with Crippen molar-refractivity contribution in [2.75, 3.05) is 19.0 Å². The fourth-order valence-corrected chi connectivity index (χ4v) is 1.34. The van der Waals surface area contributed by atoms with Crippen molar-refractivity contribution in [2.45, 2.75) is 26.2 Å². The van der Waals surface area contributed by atoms with Crippen LogP contribution in [0.3, 0.4) is 0 Å². The molecule has 0 aromatic carbocycles. The van der Waals surface area contributed by atoms with Crippen LogP contribution in [0.25, 0.3) is 0 Å². The first-order chi connectivity index (χ1) is 6.24. The van der Waals surface area contributed by atoms with E-state index in [0.29, 0.717) is 12.5 Å². The van der Waals surface area contributed by atoms with Crippen LogP contribution in [0.5, 0.6) is 0 Å². The predicted molar refractivity (Wildman–Crippen MR) is 53.8 cm³/mol. The van der Waals surface area contributed by atoms with Gasteiger partial charge in [-0.25, -0.2) is 0 Å². The number of hydrogen-bond acceptors (Lipinski definition) is 2. The molecular formula is C9H18ClNO2. The summed E-state index contributed by atoms with van der Waals surface area (Å²) in [6.07, 6.45) is 2.85. The maximum absolute atomic E-state index is 10.8. The van der Waals surface area contributed by atoms with Gasteiger partial charge in [0.1, 0.15) is 5.88 Å². The highest BCUT2D eigenvalue weighted by Gasteiger charge is 2.08. The van der Waals surface area contributed by atoms with Crippen molar-refractivity contribution in [2.24, 2.45) is 5.92 Å². The number of halogens is 1. The zero-order valence-corrected chi connectivity index (χ0v) is 8.81. The molecular weight excluding hydrogens is 190 g/mol. The van der Waals surface area contributed by atoms with E-state index in [1.807, 2.05) is 0 Å². The summed E-state index contributed by atoms with van der Waals surface area (Å²) in [4.78, 5) is 10.8. The van der Waals surface area contributed by atoms with Crippen molar-refractivity contribution in [1.29, 1.82) is 0 Å². The van der Waals surface area contributed by atoms with Crippen LogP contribution in [0, 0.1) is 5.92 Å². The number of nitrogens with one attached hydrogen (secondary N) is 1. The van der Waals surface area contributed by atoms with Crippen LogP contribution < -0.4 is 5.32 Å². The van der Waals surface area contributed by atoms with E-state index in [2.05, 4.69) is 12.2 Å². The molecule has 0 aliphatic rings. The van der Waals surface area contributed by atoms with E-state index >= 15 is 0 Å². The number of hydrogen-bond donors (Lipinski definition) is 2. The number of aliphatic hydroxyl groups is 1. The predicted octanol–water partition coefficient (Wildman–Crippen LogP) is 1.14. The summed E-state index contributed by atoms with van der Waals surface area (Å²) in [5.74, 6) is 0.251. The Labute approximate surface area is 84.5 Å². The maximum atomic E-state index is 10.8. The molecule has 1 unspecified atom stereocenters. The molecule has 0 aromatic heterocycles. The number of carbonyl (C=O) groups excluding carboxylic acids is 1. The molecule has 1 amide bonds. The minimum atomic E-state index is -0.138. The van der Waals surface area contributed by atoms with Crippen LogP contribution in [-0.2, 0) is 4.79 Å². The maximum Gasteiger partial charge on any atom is 0.234 e. The summed E-state index contributed by atoms with van der Waals surface area (Å²) in [5, 5.41) is 11.5. The first-order valence-electron chi connectivity index (χ1n) is 4.68. The van der Waals surface area contributed by atoms with Crippen molar-refractivity contribution < 1.29 is 9.90 Å². The van der Waals surface area contributed by atoms with E-state index < -0.39 is 0 Å². The molecule has 0 radical (unpaired) electrons. The monoisotopic (exact) mass is 207 g/mol. The molecule has 2 N–H and O–H groups in total. The third kappa shape index (κ3) is 6.84. The zero-order chi connectivity index (χ0) is 10.1. The van der Waals surface area contributed by atoms with Gasteiger partial charge in [-0.05, 0) is 18.8 Å². The zero-order valence-electron chi connectivity index (χ0n) is 8.05. The van der Waals surface area contributed by atoms with E-state index in [-0.39, 0.29) is 18.4 Å². The average Bonchev–Trinajstić information content (AvgIpc) is 2.14. The summed E-state index contributed by atoms with van der Waals surface area (Å²) in [6, 6.07) is 0. The quantitative estimate of drug-likeness (QED) is 0.616. The molecule has 0 aliphatic carbocycles. The van der Waals surface area contributed by atoms with E-state index in [0.717, 1.165) is 19.3 Å². The van der Waals surface area contributed by atoms with Crippen LogP contribution in [0.4, 0.5) is 0 Å². The molecule has 1 atom stereocenters. The second kappa shape index (κ2) is 8.32. The number of carbonyl (C=O) groups is 1. The van der Waals surface area contributed by atoms with Gasteiger partial charge in [0.05, 0.1) is 0 Å². The highest BCUT2D eigenvalue weighted by Crippen LogP contribution is 2.09. The molecule has 13 heavy (non-hydrogen) atoms. The van der Waals surface area contributed by atoms with Gasteiger partial charge in [-0.3, -0.25) is 4.79 Å². The molecule has 0 saturated carbocycles. The summed E-state index contributed by atoms with van der Waals surface area (Å²) in [6.45, 7) is 2.90. The normalized spacial score (nSPS) is 12.5. The van der Waals surface area contributed by atoms with Crippen LogP contribution in [0.1, 0.15) is 26.2 Å². The van der Waals surface area contributed by atoms with Crippen molar-refractivity contribution in [3.63, 3.8) is 0 Å². The van der Waals surface area contributed by atoms with Gasteiger partial charge in [-0.15, -0.1) is 11.6 Å². The van der Waals surface area contributed by atoms with E-state index in [9.17, 15) is 4.79 Å². The van der Waals surface area contributed by atoms with Gasteiger partial charge < -0.3 is 10.4 Å². The van der Waals surface area contributed by atoms with Crippen LogP contribution in [0.15, 0.2) is 0 Å². The topological polar surface area (TPSA) is 49.3 Å². The number of alkyl halides is 1. The highest BCUT2D eigenvalue weighted by atomic mass is 35.5. The van der Waals surface area contributed by atoms with E-state index in [4.69, 9.17) is 16.7 Å². The molecule has 0 aromatic rings. The molecule has 0 bridgehead atoms. The highest BCUT2D eigenvalue weighted by molar-refractivity contribution is 6.27. The molecule has 0 saturated heterocycles. The average molecular weight is 208 g/mol. The summed E-state index contributed by atoms with van der Waals surface area (Å²) in [5.41, 5.74) is 0. The SMILES string of the molecule is CCCC(CCO)CNC(=O)CCl. The van der Waals surface area contributed by atoms with Crippen LogP contribution >= 0.6 is 11.6 Å². The smallest absolute Gasteiger partial charge is 0.234 e. The Hall–Kier alpha value is -0.280. The number of amides is 1. The van der Waals surface area contributed by atoms with E-state index in [1.165, 1.54) is 0 Å². The lowest BCUT2D eigenvalue weighted by Crippen LogP contribution is -2.30. The molecule has 0 fully saturated rings. The second-order valence-corrected chi connectivity index (χ2v) is 3.37. The van der Waals surface area contributed by atoms with Gasteiger partial charge in [0.25, 0.3) is 0 Å². The van der Waals surface area contributed by atoms with Crippen molar-refractivity contribution in [3.05, 3.63) is 0 Å². The van der Waals surface area contributed by atoms with Gasteiger partial charge >= 0.3 is 0 Å². The van der Waals surface area contributed by atoms with Crippen LogP contribution in [-0.4, -0.2) is 30.0 Å². The summed E-state index contributed by atoms with van der Waals surface area (Å²) in [7, 11) is 0. The van der Waals surface area contributed by atoms with Gasteiger partial charge in [-0.2, -0.15) is 0 Å².